The number of hydrogen-bond acceptors (Lipinski definition) is 2. The molecule has 0 aliphatic carbocycles. The van der Waals surface area contributed by atoms with Gasteiger partial charge in [0.1, 0.15) is 5.82 Å². The molecule has 1 aromatic heterocycles. The van der Waals surface area contributed by atoms with Crippen LogP contribution in [0.4, 0.5) is 0 Å². The third kappa shape index (κ3) is 4.62. The zero-order valence-corrected chi connectivity index (χ0v) is 12.5. The molecule has 1 heterocycles. The van der Waals surface area contributed by atoms with Crippen LogP contribution in [0.25, 0.3) is 0 Å². The summed E-state index contributed by atoms with van der Waals surface area (Å²) in [5, 5.41) is 7.26. The van der Waals surface area contributed by atoms with Crippen molar-refractivity contribution in [3.05, 3.63) is 10.6 Å². The fourth-order valence-electron chi connectivity index (χ4n) is 2.39. The number of rotatable bonds is 5. The third-order valence-electron chi connectivity index (χ3n) is 2.78. The number of aromatic nitrogens is 3. The molecular formula is C13H25N3S. The van der Waals surface area contributed by atoms with E-state index in [1.165, 1.54) is 6.42 Å². The second-order valence-corrected chi connectivity index (χ2v) is 6.56. The Hall–Kier alpha value is -0.640. The molecule has 0 spiro atoms. The fourth-order valence-corrected chi connectivity index (χ4v) is 2.63. The Morgan fingerprint density at radius 1 is 1.41 bits per heavy atom. The summed E-state index contributed by atoms with van der Waals surface area (Å²) in [6, 6.07) is 0. The van der Waals surface area contributed by atoms with Gasteiger partial charge in [0.15, 0.2) is 4.77 Å². The van der Waals surface area contributed by atoms with Gasteiger partial charge in [-0.2, -0.15) is 5.10 Å². The van der Waals surface area contributed by atoms with Gasteiger partial charge < -0.3 is 4.57 Å². The first-order valence-corrected chi connectivity index (χ1v) is 6.88. The van der Waals surface area contributed by atoms with Crippen LogP contribution in [0.5, 0.6) is 0 Å². The van der Waals surface area contributed by atoms with E-state index in [1.807, 2.05) is 0 Å². The van der Waals surface area contributed by atoms with E-state index < -0.39 is 0 Å². The largest absolute Gasteiger partial charge is 0.304 e. The normalized spacial score (nSPS) is 13.9. The number of H-pyrrole nitrogens is 1. The van der Waals surface area contributed by atoms with Crippen molar-refractivity contribution in [3.63, 3.8) is 0 Å². The zero-order valence-electron chi connectivity index (χ0n) is 11.7. The summed E-state index contributed by atoms with van der Waals surface area (Å²) in [6.07, 6.45) is 3.30. The lowest BCUT2D eigenvalue weighted by Gasteiger charge is -2.23. The Balaban J connectivity index is 2.71. The number of aromatic amines is 1. The molecule has 98 valence electrons. The quantitative estimate of drug-likeness (QED) is 0.808. The summed E-state index contributed by atoms with van der Waals surface area (Å²) in [7, 11) is 0. The molecule has 0 amide bonds. The summed E-state index contributed by atoms with van der Waals surface area (Å²) in [6.45, 7) is 12.3. The second-order valence-electron chi connectivity index (χ2n) is 6.17. The Morgan fingerprint density at radius 3 is 2.59 bits per heavy atom. The predicted molar refractivity (Wildman–Crippen MR) is 74.6 cm³/mol. The van der Waals surface area contributed by atoms with E-state index in [4.69, 9.17) is 12.2 Å². The van der Waals surface area contributed by atoms with Gasteiger partial charge in [-0.05, 0) is 36.4 Å². The molecule has 1 aromatic rings. The van der Waals surface area contributed by atoms with Crippen molar-refractivity contribution in [2.45, 2.75) is 60.4 Å². The number of hydrogen-bond donors (Lipinski definition) is 1. The van der Waals surface area contributed by atoms with Crippen molar-refractivity contribution in [1.29, 1.82) is 0 Å². The van der Waals surface area contributed by atoms with Gasteiger partial charge in [-0.3, -0.25) is 5.10 Å². The summed E-state index contributed by atoms with van der Waals surface area (Å²) >= 11 is 5.25. The van der Waals surface area contributed by atoms with Crippen LogP contribution in [0.1, 0.15) is 53.3 Å². The first-order chi connectivity index (χ1) is 7.83. The second kappa shape index (κ2) is 5.80. The van der Waals surface area contributed by atoms with Crippen LogP contribution < -0.4 is 0 Å². The van der Waals surface area contributed by atoms with Crippen molar-refractivity contribution >= 4 is 12.2 Å². The van der Waals surface area contributed by atoms with Crippen molar-refractivity contribution < 1.29 is 0 Å². The monoisotopic (exact) mass is 255 g/mol. The highest BCUT2D eigenvalue weighted by Crippen LogP contribution is 2.26. The molecule has 1 atom stereocenters. The smallest absolute Gasteiger partial charge is 0.195 e. The highest BCUT2D eigenvalue weighted by Gasteiger charge is 2.17. The van der Waals surface area contributed by atoms with E-state index >= 15 is 0 Å². The van der Waals surface area contributed by atoms with E-state index in [0.717, 1.165) is 30.0 Å². The minimum atomic E-state index is 0.377. The maximum Gasteiger partial charge on any atom is 0.195 e. The zero-order chi connectivity index (χ0) is 13.1. The Morgan fingerprint density at radius 2 is 2.06 bits per heavy atom. The molecule has 0 aromatic carbocycles. The van der Waals surface area contributed by atoms with Crippen LogP contribution in [0.15, 0.2) is 0 Å². The number of nitrogens with one attached hydrogen (secondary N) is 1. The highest BCUT2D eigenvalue weighted by atomic mass is 32.1. The summed E-state index contributed by atoms with van der Waals surface area (Å²) in [4.78, 5) is 0. The molecule has 1 rings (SSSR count). The molecule has 0 fully saturated rings. The van der Waals surface area contributed by atoms with Crippen LogP contribution in [-0.2, 0) is 13.0 Å². The topological polar surface area (TPSA) is 33.6 Å². The van der Waals surface area contributed by atoms with Gasteiger partial charge in [-0.25, -0.2) is 0 Å². The summed E-state index contributed by atoms with van der Waals surface area (Å²) in [5.74, 6) is 1.74. The lowest BCUT2D eigenvalue weighted by atomic mass is 9.84. The molecule has 4 heteroatoms. The summed E-state index contributed by atoms with van der Waals surface area (Å²) in [5.41, 5.74) is 0.377. The molecule has 3 nitrogen and oxygen atoms in total. The van der Waals surface area contributed by atoms with Gasteiger partial charge in [0.2, 0.25) is 0 Å². The number of nitrogens with zero attached hydrogens (tertiary/aromatic N) is 2. The van der Waals surface area contributed by atoms with Gasteiger partial charge in [-0.15, -0.1) is 0 Å². The molecule has 0 saturated heterocycles. The van der Waals surface area contributed by atoms with Crippen LogP contribution in [0.2, 0.25) is 0 Å². The molecule has 17 heavy (non-hydrogen) atoms. The molecule has 0 aliphatic rings. The van der Waals surface area contributed by atoms with E-state index in [0.29, 0.717) is 11.3 Å². The highest BCUT2D eigenvalue weighted by molar-refractivity contribution is 7.71. The third-order valence-corrected chi connectivity index (χ3v) is 3.09. The predicted octanol–water partition coefficient (Wildman–Crippen LogP) is 3.97. The van der Waals surface area contributed by atoms with E-state index in [2.05, 4.69) is 49.4 Å². The molecule has 0 bridgehead atoms. The van der Waals surface area contributed by atoms with Crippen molar-refractivity contribution in [2.75, 3.05) is 0 Å². The average Bonchev–Trinajstić information content (AvgIpc) is 2.47. The molecular weight excluding hydrogens is 230 g/mol. The van der Waals surface area contributed by atoms with Gasteiger partial charge in [0.25, 0.3) is 0 Å². The lowest BCUT2D eigenvalue weighted by Crippen LogP contribution is -2.15. The van der Waals surface area contributed by atoms with Gasteiger partial charge in [0.05, 0.1) is 0 Å². The van der Waals surface area contributed by atoms with Crippen LogP contribution >= 0.6 is 12.2 Å². The van der Waals surface area contributed by atoms with Crippen molar-refractivity contribution in [3.8, 4) is 0 Å². The minimum Gasteiger partial charge on any atom is -0.304 e. The van der Waals surface area contributed by atoms with E-state index in [9.17, 15) is 0 Å². The van der Waals surface area contributed by atoms with Gasteiger partial charge in [0, 0.05) is 13.0 Å². The SMILES string of the molecule is CCCn1c(CC(C)CC(C)(C)C)n[nH]c1=S. The van der Waals surface area contributed by atoms with Gasteiger partial charge >= 0.3 is 0 Å². The summed E-state index contributed by atoms with van der Waals surface area (Å²) < 4.78 is 2.89. The Labute approximate surface area is 110 Å². The van der Waals surface area contributed by atoms with Crippen LogP contribution in [0, 0.1) is 16.1 Å². The Kier molecular flexibility index (Phi) is 4.92. The lowest BCUT2D eigenvalue weighted by molar-refractivity contribution is 0.301. The van der Waals surface area contributed by atoms with Crippen LogP contribution in [-0.4, -0.2) is 14.8 Å². The molecule has 0 aliphatic heterocycles. The fraction of sp³-hybridized carbons (Fsp3) is 0.846. The van der Waals surface area contributed by atoms with Crippen molar-refractivity contribution in [1.82, 2.24) is 14.8 Å². The van der Waals surface area contributed by atoms with Crippen molar-refractivity contribution in [2.24, 2.45) is 11.3 Å². The average molecular weight is 255 g/mol. The molecule has 0 radical (unpaired) electrons. The standard InChI is InChI=1S/C13H25N3S/c1-6-7-16-11(14-15-12(16)17)8-10(2)9-13(3,4)5/h10H,6-9H2,1-5H3,(H,15,17). The molecule has 0 saturated carbocycles. The minimum absolute atomic E-state index is 0.377. The van der Waals surface area contributed by atoms with Crippen LogP contribution in [0.3, 0.4) is 0 Å². The van der Waals surface area contributed by atoms with E-state index in [1.54, 1.807) is 0 Å². The maximum absolute atomic E-state index is 5.25. The Bertz CT molecular complexity index is 398. The van der Waals surface area contributed by atoms with Gasteiger partial charge in [-0.1, -0.05) is 34.6 Å². The first-order valence-electron chi connectivity index (χ1n) is 6.47. The molecule has 1 N–H and O–H groups in total. The maximum atomic E-state index is 5.25. The first kappa shape index (κ1) is 14.4. The molecule has 1 unspecified atom stereocenters. The van der Waals surface area contributed by atoms with E-state index in [-0.39, 0.29) is 0 Å².